The molecule has 1 atom stereocenters. The predicted molar refractivity (Wildman–Crippen MR) is 80.7 cm³/mol. The van der Waals surface area contributed by atoms with Crippen LogP contribution in [0, 0.1) is 5.92 Å². The smallest absolute Gasteiger partial charge is 0.312 e. The zero-order valence-electron chi connectivity index (χ0n) is 13.2. The fourth-order valence-electron chi connectivity index (χ4n) is 1.84. The van der Waals surface area contributed by atoms with Crippen molar-refractivity contribution in [1.29, 1.82) is 0 Å². The van der Waals surface area contributed by atoms with Gasteiger partial charge >= 0.3 is 5.97 Å². The summed E-state index contributed by atoms with van der Waals surface area (Å²) in [4.78, 5) is 23.4. The first-order valence-electron chi connectivity index (χ1n) is 7.12. The number of carbonyl (C=O) groups excluding carboxylic acids is 2. The summed E-state index contributed by atoms with van der Waals surface area (Å²) >= 11 is 0. The largest absolute Gasteiger partial charge is 0.460 e. The van der Waals surface area contributed by atoms with Crippen LogP contribution >= 0.6 is 0 Å². The van der Waals surface area contributed by atoms with Crippen LogP contribution in [-0.4, -0.2) is 24.0 Å². The number of ether oxygens (including phenoxy) is 2. The monoisotopic (exact) mass is 292 g/mol. The van der Waals surface area contributed by atoms with Gasteiger partial charge in [0.1, 0.15) is 11.4 Å². The maximum atomic E-state index is 12.1. The molecule has 0 aliphatic carbocycles. The lowest BCUT2D eigenvalue weighted by Crippen LogP contribution is -2.32. The van der Waals surface area contributed by atoms with Crippen molar-refractivity contribution in [3.8, 4) is 0 Å². The molecule has 1 aromatic rings. The molecule has 0 saturated heterocycles. The average molecular weight is 292 g/mol. The van der Waals surface area contributed by atoms with Gasteiger partial charge in [0, 0.05) is 6.42 Å². The molecule has 1 unspecified atom stereocenters. The van der Waals surface area contributed by atoms with E-state index in [1.165, 1.54) is 6.92 Å². The van der Waals surface area contributed by atoms with Gasteiger partial charge in [-0.05, 0) is 33.3 Å². The molecule has 116 valence electrons. The molecule has 0 radical (unpaired) electrons. The molecule has 0 aromatic heterocycles. The average Bonchev–Trinajstić information content (AvgIpc) is 2.36. The van der Waals surface area contributed by atoms with Crippen molar-refractivity contribution in [2.45, 2.75) is 46.3 Å². The first-order chi connectivity index (χ1) is 9.78. The summed E-state index contributed by atoms with van der Waals surface area (Å²) in [6.07, 6.45) is 0.143. The van der Waals surface area contributed by atoms with E-state index in [0.717, 1.165) is 5.56 Å². The second kappa shape index (κ2) is 7.93. The number of rotatable bonds is 7. The van der Waals surface area contributed by atoms with Gasteiger partial charge in [-0.1, -0.05) is 30.3 Å². The van der Waals surface area contributed by atoms with Crippen LogP contribution in [0.4, 0.5) is 0 Å². The third-order valence-corrected chi connectivity index (χ3v) is 2.70. The zero-order valence-corrected chi connectivity index (χ0v) is 13.2. The fraction of sp³-hybridized carbons (Fsp3) is 0.529. The lowest BCUT2D eigenvalue weighted by Gasteiger charge is -2.23. The van der Waals surface area contributed by atoms with E-state index in [1.54, 1.807) is 20.8 Å². The lowest BCUT2D eigenvalue weighted by atomic mass is 10.0. The molecule has 0 fully saturated rings. The van der Waals surface area contributed by atoms with Gasteiger partial charge in [-0.15, -0.1) is 0 Å². The molecule has 0 saturated carbocycles. The molecular formula is C17H24O4. The third-order valence-electron chi connectivity index (χ3n) is 2.70. The third kappa shape index (κ3) is 7.61. The minimum Gasteiger partial charge on any atom is -0.460 e. The molecule has 0 bridgehead atoms. The first-order valence-corrected chi connectivity index (χ1v) is 7.12. The Balaban J connectivity index is 2.53. The van der Waals surface area contributed by atoms with Gasteiger partial charge in [0.15, 0.2) is 0 Å². The molecule has 0 spiro atoms. The molecule has 0 aliphatic heterocycles. The normalized spacial score (nSPS) is 12.8. The zero-order chi connectivity index (χ0) is 15.9. The summed E-state index contributed by atoms with van der Waals surface area (Å²) in [5.74, 6) is -0.981. The summed E-state index contributed by atoms with van der Waals surface area (Å²) in [5, 5.41) is 0. The highest BCUT2D eigenvalue weighted by Crippen LogP contribution is 2.15. The van der Waals surface area contributed by atoms with E-state index in [4.69, 9.17) is 9.47 Å². The molecule has 0 aliphatic rings. The highest BCUT2D eigenvalue weighted by atomic mass is 16.6. The van der Waals surface area contributed by atoms with Crippen molar-refractivity contribution in [1.82, 2.24) is 0 Å². The minimum atomic E-state index is -0.564. The Kier molecular flexibility index (Phi) is 6.56. The predicted octanol–water partition coefficient (Wildman–Crippen LogP) is 3.14. The van der Waals surface area contributed by atoms with Crippen LogP contribution in [0.3, 0.4) is 0 Å². The summed E-state index contributed by atoms with van der Waals surface area (Å²) < 4.78 is 10.9. The number of hydrogen-bond donors (Lipinski definition) is 0. The number of Topliss-reactive ketones (excluding diaryl/α,β-unsaturated/α-hetero) is 1. The Hall–Kier alpha value is -1.68. The SMILES string of the molecule is CC(=O)CC(COCc1ccccc1)C(=O)OC(C)(C)C. The maximum Gasteiger partial charge on any atom is 0.312 e. The van der Waals surface area contributed by atoms with Gasteiger partial charge in [0.2, 0.25) is 0 Å². The Bertz CT molecular complexity index is 459. The van der Waals surface area contributed by atoms with Crippen LogP contribution in [0.5, 0.6) is 0 Å². The second-order valence-electron chi connectivity index (χ2n) is 6.14. The molecule has 0 heterocycles. The van der Waals surface area contributed by atoms with Crippen LogP contribution < -0.4 is 0 Å². The summed E-state index contributed by atoms with van der Waals surface area (Å²) in [6.45, 7) is 7.48. The van der Waals surface area contributed by atoms with Gasteiger partial charge < -0.3 is 14.3 Å². The molecule has 4 nitrogen and oxygen atoms in total. The first kappa shape index (κ1) is 17.4. The molecule has 1 aromatic carbocycles. The number of carbonyl (C=O) groups is 2. The molecule has 0 N–H and O–H groups in total. The molecule has 21 heavy (non-hydrogen) atoms. The lowest BCUT2D eigenvalue weighted by molar-refractivity contribution is -0.163. The highest BCUT2D eigenvalue weighted by molar-refractivity contribution is 5.83. The van der Waals surface area contributed by atoms with Gasteiger partial charge in [0.05, 0.1) is 19.1 Å². The van der Waals surface area contributed by atoms with E-state index in [0.29, 0.717) is 6.61 Å². The van der Waals surface area contributed by atoms with Crippen molar-refractivity contribution in [2.24, 2.45) is 5.92 Å². The fourth-order valence-corrected chi connectivity index (χ4v) is 1.84. The van der Waals surface area contributed by atoms with Gasteiger partial charge in [-0.3, -0.25) is 4.79 Å². The van der Waals surface area contributed by atoms with E-state index >= 15 is 0 Å². The molecular weight excluding hydrogens is 268 g/mol. The van der Waals surface area contributed by atoms with E-state index in [1.807, 2.05) is 30.3 Å². The summed E-state index contributed by atoms with van der Waals surface area (Å²) in [6, 6.07) is 9.70. The standard InChI is InChI=1S/C17H24O4/c1-13(18)10-15(16(19)21-17(2,3)4)12-20-11-14-8-6-5-7-9-14/h5-9,15H,10-12H2,1-4H3. The summed E-state index contributed by atoms with van der Waals surface area (Å²) in [7, 11) is 0. The highest BCUT2D eigenvalue weighted by Gasteiger charge is 2.26. The van der Waals surface area contributed by atoms with Gasteiger partial charge in [0.25, 0.3) is 0 Å². The van der Waals surface area contributed by atoms with Crippen molar-refractivity contribution in [3.05, 3.63) is 35.9 Å². The Morgan fingerprint density at radius 3 is 2.29 bits per heavy atom. The van der Waals surface area contributed by atoms with Crippen LogP contribution in [0.15, 0.2) is 30.3 Å². The van der Waals surface area contributed by atoms with E-state index in [-0.39, 0.29) is 24.8 Å². The van der Waals surface area contributed by atoms with Crippen LogP contribution in [-0.2, 0) is 25.7 Å². The summed E-state index contributed by atoms with van der Waals surface area (Å²) in [5.41, 5.74) is 0.467. The molecule has 0 amide bonds. The van der Waals surface area contributed by atoms with Crippen molar-refractivity contribution >= 4 is 11.8 Å². The number of hydrogen-bond acceptors (Lipinski definition) is 4. The van der Waals surface area contributed by atoms with Gasteiger partial charge in [-0.25, -0.2) is 0 Å². The van der Waals surface area contributed by atoms with Gasteiger partial charge in [-0.2, -0.15) is 0 Å². The van der Waals surface area contributed by atoms with Crippen LogP contribution in [0.2, 0.25) is 0 Å². The van der Waals surface area contributed by atoms with E-state index < -0.39 is 11.5 Å². The number of benzene rings is 1. The van der Waals surface area contributed by atoms with Crippen LogP contribution in [0.25, 0.3) is 0 Å². The van der Waals surface area contributed by atoms with Crippen molar-refractivity contribution in [3.63, 3.8) is 0 Å². The number of ketones is 1. The maximum absolute atomic E-state index is 12.1. The van der Waals surface area contributed by atoms with Crippen molar-refractivity contribution < 1.29 is 19.1 Å². The minimum absolute atomic E-state index is 0.0471. The van der Waals surface area contributed by atoms with E-state index in [2.05, 4.69) is 0 Å². The second-order valence-corrected chi connectivity index (χ2v) is 6.14. The Labute approximate surface area is 126 Å². The topological polar surface area (TPSA) is 52.6 Å². The quantitative estimate of drug-likeness (QED) is 0.724. The number of esters is 1. The Morgan fingerprint density at radius 1 is 1.14 bits per heavy atom. The Morgan fingerprint density at radius 2 is 1.76 bits per heavy atom. The van der Waals surface area contributed by atoms with Crippen molar-refractivity contribution in [2.75, 3.05) is 6.61 Å². The van der Waals surface area contributed by atoms with Crippen LogP contribution in [0.1, 0.15) is 39.7 Å². The molecule has 1 rings (SSSR count). The van der Waals surface area contributed by atoms with E-state index in [9.17, 15) is 9.59 Å². The molecule has 4 heteroatoms.